The van der Waals surface area contributed by atoms with Gasteiger partial charge in [0.15, 0.2) is 0 Å². The third-order valence-corrected chi connectivity index (χ3v) is 4.23. The molecule has 3 nitrogen and oxygen atoms in total. The minimum Gasteiger partial charge on any atom is -0.306 e. The van der Waals surface area contributed by atoms with Crippen molar-refractivity contribution in [3.05, 3.63) is 75.1 Å². The van der Waals surface area contributed by atoms with Gasteiger partial charge in [0, 0.05) is 5.56 Å². The van der Waals surface area contributed by atoms with Crippen molar-refractivity contribution < 1.29 is 0 Å². The van der Waals surface area contributed by atoms with Gasteiger partial charge in [0.05, 0.1) is 5.69 Å². The summed E-state index contributed by atoms with van der Waals surface area (Å²) in [4.78, 5) is 19.0. The lowest BCUT2D eigenvalue weighted by atomic mass is 10.0. The predicted molar refractivity (Wildman–Crippen MR) is 88.2 cm³/mol. The van der Waals surface area contributed by atoms with Gasteiger partial charge in [-0.25, -0.2) is 4.98 Å². The molecule has 21 heavy (non-hydrogen) atoms. The SMILES string of the molecule is Cc1nc(-c2ccc(-c3ccccc3)cc2)[nH]c(=O)c1Br. The zero-order valence-electron chi connectivity index (χ0n) is 11.4. The Labute approximate surface area is 130 Å². The van der Waals surface area contributed by atoms with Crippen LogP contribution in [0, 0.1) is 6.92 Å². The molecule has 3 aromatic rings. The smallest absolute Gasteiger partial charge is 0.265 e. The van der Waals surface area contributed by atoms with Gasteiger partial charge < -0.3 is 4.98 Å². The Morgan fingerprint density at radius 2 is 1.48 bits per heavy atom. The van der Waals surface area contributed by atoms with E-state index in [-0.39, 0.29) is 5.56 Å². The molecular weight excluding hydrogens is 328 g/mol. The van der Waals surface area contributed by atoms with Crippen molar-refractivity contribution in [2.45, 2.75) is 6.92 Å². The van der Waals surface area contributed by atoms with Crippen LogP contribution in [0.3, 0.4) is 0 Å². The van der Waals surface area contributed by atoms with Gasteiger partial charge in [0.25, 0.3) is 5.56 Å². The highest BCUT2D eigenvalue weighted by Crippen LogP contribution is 2.23. The summed E-state index contributed by atoms with van der Waals surface area (Å²) in [6, 6.07) is 18.2. The van der Waals surface area contributed by atoms with Gasteiger partial charge in [-0.2, -0.15) is 0 Å². The molecule has 0 saturated carbocycles. The molecule has 0 unspecified atom stereocenters. The summed E-state index contributed by atoms with van der Waals surface area (Å²) in [5, 5.41) is 0. The van der Waals surface area contributed by atoms with Crippen LogP contribution >= 0.6 is 15.9 Å². The van der Waals surface area contributed by atoms with Crippen LogP contribution in [0.15, 0.2) is 63.9 Å². The summed E-state index contributed by atoms with van der Waals surface area (Å²) in [6.45, 7) is 1.81. The van der Waals surface area contributed by atoms with Crippen LogP contribution in [0.25, 0.3) is 22.5 Å². The van der Waals surface area contributed by atoms with Gasteiger partial charge in [-0.05, 0) is 34.0 Å². The molecule has 0 radical (unpaired) electrons. The monoisotopic (exact) mass is 340 g/mol. The number of benzene rings is 2. The second-order valence-corrected chi connectivity index (χ2v) is 5.55. The summed E-state index contributed by atoms with van der Waals surface area (Å²) in [5.41, 5.74) is 3.71. The van der Waals surface area contributed by atoms with E-state index in [1.165, 1.54) is 0 Å². The first-order valence-corrected chi connectivity index (χ1v) is 7.37. The number of hydrogen-bond acceptors (Lipinski definition) is 2. The molecule has 4 heteroatoms. The Morgan fingerprint density at radius 3 is 2.10 bits per heavy atom. The van der Waals surface area contributed by atoms with Crippen molar-refractivity contribution in [3.8, 4) is 22.5 Å². The number of halogens is 1. The van der Waals surface area contributed by atoms with Crippen LogP contribution in [0.5, 0.6) is 0 Å². The van der Waals surface area contributed by atoms with Gasteiger partial charge in [-0.3, -0.25) is 4.79 Å². The number of hydrogen-bond donors (Lipinski definition) is 1. The van der Waals surface area contributed by atoms with Crippen LogP contribution in [0.1, 0.15) is 5.69 Å². The van der Waals surface area contributed by atoms with E-state index in [2.05, 4.69) is 38.0 Å². The molecule has 1 heterocycles. The fourth-order valence-corrected chi connectivity index (χ4v) is 2.35. The fraction of sp³-hybridized carbons (Fsp3) is 0.0588. The van der Waals surface area contributed by atoms with Crippen molar-refractivity contribution >= 4 is 15.9 Å². The van der Waals surface area contributed by atoms with Gasteiger partial charge in [-0.1, -0.05) is 54.6 Å². The molecule has 2 aromatic carbocycles. The summed E-state index contributed by atoms with van der Waals surface area (Å²) in [5.74, 6) is 0.584. The molecule has 3 rings (SSSR count). The van der Waals surface area contributed by atoms with Gasteiger partial charge in [-0.15, -0.1) is 0 Å². The van der Waals surface area contributed by atoms with Crippen molar-refractivity contribution in [1.29, 1.82) is 0 Å². The minimum absolute atomic E-state index is 0.162. The van der Waals surface area contributed by atoms with E-state index >= 15 is 0 Å². The fourth-order valence-electron chi connectivity index (χ4n) is 2.16. The predicted octanol–water partition coefficient (Wildman–Crippen LogP) is 4.17. The highest BCUT2D eigenvalue weighted by Gasteiger charge is 2.07. The maximum atomic E-state index is 11.8. The minimum atomic E-state index is -0.162. The van der Waals surface area contributed by atoms with Crippen molar-refractivity contribution in [1.82, 2.24) is 9.97 Å². The lowest BCUT2D eigenvalue weighted by Gasteiger charge is -2.05. The maximum absolute atomic E-state index is 11.8. The molecule has 0 saturated heterocycles. The lowest BCUT2D eigenvalue weighted by Crippen LogP contribution is -2.11. The Hall–Kier alpha value is -2.20. The molecule has 1 N–H and O–H groups in total. The molecular formula is C17H13BrN2O. The van der Waals surface area contributed by atoms with Crippen LogP contribution in [0.2, 0.25) is 0 Å². The van der Waals surface area contributed by atoms with E-state index in [0.29, 0.717) is 16.0 Å². The number of aromatic nitrogens is 2. The second-order valence-electron chi connectivity index (χ2n) is 4.76. The standard InChI is InChI=1S/C17H13BrN2O/c1-11-15(18)17(21)20-16(19-11)14-9-7-13(8-10-14)12-5-3-2-4-6-12/h2-10H,1H3,(H,19,20,21). The summed E-state index contributed by atoms with van der Waals surface area (Å²) in [6.07, 6.45) is 0. The molecule has 0 aliphatic rings. The van der Waals surface area contributed by atoms with Crippen LogP contribution in [-0.2, 0) is 0 Å². The van der Waals surface area contributed by atoms with E-state index in [9.17, 15) is 4.79 Å². The van der Waals surface area contributed by atoms with E-state index in [4.69, 9.17) is 0 Å². The molecule has 0 aliphatic heterocycles. The highest BCUT2D eigenvalue weighted by atomic mass is 79.9. The number of nitrogens with zero attached hydrogens (tertiary/aromatic N) is 1. The molecule has 0 amide bonds. The first-order valence-electron chi connectivity index (χ1n) is 6.57. The van der Waals surface area contributed by atoms with Gasteiger partial charge >= 0.3 is 0 Å². The molecule has 1 aromatic heterocycles. The molecule has 0 atom stereocenters. The molecule has 104 valence electrons. The third kappa shape index (κ3) is 2.81. The Morgan fingerprint density at radius 1 is 0.905 bits per heavy atom. The average molecular weight is 341 g/mol. The van der Waals surface area contributed by atoms with Gasteiger partial charge in [0.2, 0.25) is 0 Å². The van der Waals surface area contributed by atoms with E-state index in [1.54, 1.807) is 6.92 Å². The van der Waals surface area contributed by atoms with E-state index < -0.39 is 0 Å². The normalized spacial score (nSPS) is 10.6. The van der Waals surface area contributed by atoms with Crippen molar-refractivity contribution in [2.24, 2.45) is 0 Å². The number of rotatable bonds is 2. The van der Waals surface area contributed by atoms with Crippen LogP contribution in [0.4, 0.5) is 0 Å². The Balaban J connectivity index is 2.00. The summed E-state index contributed by atoms with van der Waals surface area (Å²) in [7, 11) is 0. The average Bonchev–Trinajstić information content (AvgIpc) is 2.53. The van der Waals surface area contributed by atoms with E-state index in [1.807, 2.05) is 42.5 Å². The third-order valence-electron chi connectivity index (χ3n) is 3.29. The quantitative estimate of drug-likeness (QED) is 0.760. The molecule has 0 fully saturated rings. The number of nitrogens with one attached hydrogen (secondary N) is 1. The number of aromatic amines is 1. The van der Waals surface area contributed by atoms with Crippen LogP contribution in [-0.4, -0.2) is 9.97 Å². The zero-order valence-corrected chi connectivity index (χ0v) is 13.0. The van der Waals surface area contributed by atoms with Crippen molar-refractivity contribution in [3.63, 3.8) is 0 Å². The van der Waals surface area contributed by atoms with Crippen LogP contribution < -0.4 is 5.56 Å². The lowest BCUT2D eigenvalue weighted by molar-refractivity contribution is 1.05. The number of H-pyrrole nitrogens is 1. The first kappa shape index (κ1) is 13.8. The van der Waals surface area contributed by atoms with Crippen molar-refractivity contribution in [2.75, 3.05) is 0 Å². The zero-order chi connectivity index (χ0) is 14.8. The Bertz CT molecular complexity index is 824. The number of aryl methyl sites for hydroxylation is 1. The Kier molecular flexibility index (Phi) is 3.71. The molecule has 0 aliphatic carbocycles. The largest absolute Gasteiger partial charge is 0.306 e. The summed E-state index contributed by atoms with van der Waals surface area (Å²) < 4.78 is 0.479. The highest BCUT2D eigenvalue weighted by molar-refractivity contribution is 9.10. The van der Waals surface area contributed by atoms with Gasteiger partial charge in [0.1, 0.15) is 10.3 Å². The molecule has 0 spiro atoms. The topological polar surface area (TPSA) is 45.8 Å². The summed E-state index contributed by atoms with van der Waals surface area (Å²) >= 11 is 3.22. The maximum Gasteiger partial charge on any atom is 0.265 e. The molecule has 0 bridgehead atoms. The van der Waals surface area contributed by atoms with E-state index in [0.717, 1.165) is 16.7 Å². The first-order chi connectivity index (χ1) is 10.1. The second kappa shape index (κ2) is 5.66.